The van der Waals surface area contributed by atoms with Crippen LogP contribution >= 0.6 is 0 Å². The zero-order valence-electron chi connectivity index (χ0n) is 25.1. The highest BCUT2D eigenvalue weighted by atomic mass is 16.4. The Kier molecular flexibility index (Phi) is 28.1. The van der Waals surface area contributed by atoms with Crippen LogP contribution < -0.4 is 16.4 Å². The molecule has 0 aliphatic carbocycles. The second kappa shape index (κ2) is 25.4. The van der Waals surface area contributed by atoms with E-state index in [1.807, 2.05) is 46.7 Å². The number of primary amides is 1. The quantitative estimate of drug-likeness (QED) is 0.203. The number of hydrogen-bond donors (Lipinski definition) is 4. The minimum absolute atomic E-state index is 0.0255. The third kappa shape index (κ3) is 35.0. The highest BCUT2D eigenvalue weighted by molar-refractivity contribution is 5.92. The van der Waals surface area contributed by atoms with E-state index in [2.05, 4.69) is 43.9 Å². The Labute approximate surface area is 231 Å². The average Bonchev–Trinajstić information content (AvgIpc) is 2.82. The van der Waals surface area contributed by atoms with Crippen LogP contribution in [0.3, 0.4) is 0 Å². The van der Waals surface area contributed by atoms with Crippen LogP contribution in [0.4, 0.5) is 0 Å². The first-order chi connectivity index (χ1) is 17.4. The van der Waals surface area contributed by atoms with E-state index in [1.54, 1.807) is 0 Å². The number of carbonyl (C=O) groups is 4. The summed E-state index contributed by atoms with van der Waals surface area (Å²) in [4.78, 5) is 43.3. The van der Waals surface area contributed by atoms with Crippen LogP contribution in [0.2, 0.25) is 0 Å². The first kappa shape index (κ1) is 41.9. The molecule has 9 heteroatoms. The summed E-state index contributed by atoms with van der Waals surface area (Å²) in [6.07, 6.45) is 10.1. The number of amides is 3. The van der Waals surface area contributed by atoms with Gasteiger partial charge in [-0.15, -0.1) is 0 Å². The van der Waals surface area contributed by atoms with Crippen molar-refractivity contribution in [1.29, 1.82) is 0 Å². The van der Waals surface area contributed by atoms with E-state index < -0.39 is 11.9 Å². The van der Waals surface area contributed by atoms with E-state index >= 15 is 0 Å². The van der Waals surface area contributed by atoms with Crippen molar-refractivity contribution in [2.24, 2.45) is 5.73 Å². The van der Waals surface area contributed by atoms with Gasteiger partial charge in [-0.1, -0.05) is 65.3 Å². The zero-order chi connectivity index (χ0) is 30.9. The Balaban J connectivity index is -0.000000210. The van der Waals surface area contributed by atoms with Crippen LogP contribution in [0, 0.1) is 0 Å². The minimum Gasteiger partial charge on any atom is -0.478 e. The van der Waals surface area contributed by atoms with Crippen LogP contribution in [-0.4, -0.2) is 65.9 Å². The zero-order valence-corrected chi connectivity index (χ0v) is 25.1. The number of nitrogens with one attached hydrogen (secondary N) is 2. The van der Waals surface area contributed by atoms with Gasteiger partial charge < -0.3 is 26.4 Å². The number of nitrogens with two attached hydrogens (primary N) is 1. The summed E-state index contributed by atoms with van der Waals surface area (Å²) in [5.74, 6) is -1.55. The standard InChI is InChI=1S/C11H21NO.C7H14N2O.C7H13NO.C4H6O2/c1-3-5-6-7-8-9-10-12-11(13)4-2;1-5(7(8)10)6(2)9(3)4;1-5-6(9)8-7(2,3)4;1-3(2)4(5)6/h4H,2-3,5-10H2,1H3,(H,12,13);6H,1H2,2-4H3,(H2,8,10);5H,1H2,2-4H3,(H,8,9);1H2,2H3,(H,5,6). The first-order valence-electron chi connectivity index (χ1n) is 12.8. The number of rotatable bonds is 13. The van der Waals surface area contributed by atoms with Gasteiger partial charge in [0.1, 0.15) is 0 Å². The van der Waals surface area contributed by atoms with Gasteiger partial charge in [0.05, 0.1) is 0 Å². The Morgan fingerprint density at radius 3 is 1.63 bits per heavy atom. The number of carboxylic acid groups (broad SMARTS) is 1. The monoisotopic (exact) mass is 538 g/mol. The molecule has 0 radical (unpaired) electrons. The fourth-order valence-electron chi connectivity index (χ4n) is 2.13. The summed E-state index contributed by atoms with van der Waals surface area (Å²) >= 11 is 0. The predicted molar refractivity (Wildman–Crippen MR) is 159 cm³/mol. The van der Waals surface area contributed by atoms with Gasteiger partial charge in [-0.25, -0.2) is 4.79 Å². The van der Waals surface area contributed by atoms with E-state index in [9.17, 15) is 19.2 Å². The second-order valence-corrected chi connectivity index (χ2v) is 9.82. The van der Waals surface area contributed by atoms with Gasteiger partial charge in [0.15, 0.2) is 0 Å². The molecule has 0 saturated heterocycles. The van der Waals surface area contributed by atoms with Gasteiger partial charge in [0.25, 0.3) is 0 Å². The molecule has 0 aliphatic heterocycles. The Bertz CT molecular complexity index is 741. The number of carboxylic acids is 1. The molecule has 38 heavy (non-hydrogen) atoms. The highest BCUT2D eigenvalue weighted by Crippen LogP contribution is 2.04. The number of carbonyl (C=O) groups excluding carboxylic acids is 3. The van der Waals surface area contributed by atoms with E-state index in [1.165, 1.54) is 51.2 Å². The van der Waals surface area contributed by atoms with Crippen molar-refractivity contribution in [3.63, 3.8) is 0 Å². The van der Waals surface area contributed by atoms with Crippen molar-refractivity contribution in [3.05, 3.63) is 49.6 Å². The van der Waals surface area contributed by atoms with Crippen LogP contribution in [0.25, 0.3) is 0 Å². The van der Waals surface area contributed by atoms with Gasteiger partial charge >= 0.3 is 5.97 Å². The predicted octanol–water partition coefficient (Wildman–Crippen LogP) is 4.36. The van der Waals surface area contributed by atoms with Gasteiger partial charge in [-0.3, -0.25) is 14.4 Å². The van der Waals surface area contributed by atoms with Crippen molar-refractivity contribution in [2.75, 3.05) is 20.6 Å². The fourth-order valence-corrected chi connectivity index (χ4v) is 2.13. The maximum atomic E-state index is 10.7. The minimum atomic E-state index is -0.935. The van der Waals surface area contributed by atoms with E-state index in [0.29, 0.717) is 5.57 Å². The van der Waals surface area contributed by atoms with Crippen LogP contribution in [-0.2, 0) is 19.2 Å². The van der Waals surface area contributed by atoms with E-state index in [4.69, 9.17) is 10.8 Å². The molecule has 5 N–H and O–H groups in total. The maximum absolute atomic E-state index is 10.7. The Hall–Kier alpha value is -3.20. The molecule has 0 spiro atoms. The number of likely N-dealkylation sites (N-methyl/N-ethyl adjacent to an activating group) is 1. The van der Waals surface area contributed by atoms with Gasteiger partial charge in [0.2, 0.25) is 17.7 Å². The summed E-state index contributed by atoms with van der Waals surface area (Å²) in [5.41, 5.74) is 5.49. The lowest BCUT2D eigenvalue weighted by molar-refractivity contribution is -0.132. The topological polar surface area (TPSA) is 142 Å². The highest BCUT2D eigenvalue weighted by Gasteiger charge is 2.12. The van der Waals surface area contributed by atoms with Crippen molar-refractivity contribution in [2.45, 2.75) is 91.6 Å². The molecule has 0 aromatic rings. The molecule has 0 rings (SSSR count). The lowest BCUT2D eigenvalue weighted by Gasteiger charge is -2.19. The number of hydrogen-bond acceptors (Lipinski definition) is 5. The molecule has 0 fully saturated rings. The average molecular weight is 539 g/mol. The van der Waals surface area contributed by atoms with Crippen molar-refractivity contribution in [3.8, 4) is 0 Å². The number of aliphatic carboxylic acids is 1. The Morgan fingerprint density at radius 2 is 1.37 bits per heavy atom. The van der Waals surface area contributed by atoms with E-state index in [0.717, 1.165) is 13.0 Å². The molecule has 1 atom stereocenters. The third-order valence-electron chi connectivity index (χ3n) is 4.66. The molecule has 220 valence electrons. The molecule has 0 bridgehead atoms. The van der Waals surface area contributed by atoms with Gasteiger partial charge in [-0.05, 0) is 67.3 Å². The summed E-state index contributed by atoms with van der Waals surface area (Å²) in [7, 11) is 3.75. The number of nitrogens with zero attached hydrogens (tertiary/aromatic N) is 1. The van der Waals surface area contributed by atoms with E-state index in [-0.39, 0.29) is 29.0 Å². The molecular weight excluding hydrogens is 484 g/mol. The lowest BCUT2D eigenvalue weighted by atomic mass is 10.1. The van der Waals surface area contributed by atoms with Crippen molar-refractivity contribution in [1.82, 2.24) is 15.5 Å². The Morgan fingerprint density at radius 1 is 0.947 bits per heavy atom. The molecule has 9 nitrogen and oxygen atoms in total. The van der Waals surface area contributed by atoms with Crippen LogP contribution in [0.5, 0.6) is 0 Å². The largest absolute Gasteiger partial charge is 0.478 e. The second-order valence-electron chi connectivity index (χ2n) is 9.82. The third-order valence-corrected chi connectivity index (χ3v) is 4.66. The molecule has 0 heterocycles. The molecule has 0 aromatic heterocycles. The molecule has 0 aliphatic rings. The summed E-state index contributed by atoms with van der Waals surface area (Å²) in [6.45, 7) is 25.5. The first-order valence-corrected chi connectivity index (χ1v) is 12.8. The van der Waals surface area contributed by atoms with Crippen molar-refractivity contribution < 1.29 is 24.3 Å². The molecule has 3 amide bonds. The van der Waals surface area contributed by atoms with Gasteiger partial charge in [-0.2, -0.15) is 0 Å². The van der Waals surface area contributed by atoms with Crippen LogP contribution in [0.1, 0.15) is 80.1 Å². The fraction of sp³-hybridized carbons (Fsp3) is 0.586. The van der Waals surface area contributed by atoms with Crippen LogP contribution in [0.15, 0.2) is 49.6 Å². The normalized spacial score (nSPS) is 10.4. The lowest BCUT2D eigenvalue weighted by Crippen LogP contribution is -2.39. The summed E-state index contributed by atoms with van der Waals surface area (Å²) < 4.78 is 0. The number of unbranched alkanes of at least 4 members (excludes halogenated alkanes) is 5. The maximum Gasteiger partial charge on any atom is 0.330 e. The van der Waals surface area contributed by atoms with Gasteiger partial charge in [0, 0.05) is 29.3 Å². The molecule has 0 saturated carbocycles. The smallest absolute Gasteiger partial charge is 0.330 e. The summed E-state index contributed by atoms with van der Waals surface area (Å²) in [6, 6.07) is 0.0255. The molecule has 1 unspecified atom stereocenters. The SMILES string of the molecule is C=C(C(N)=O)C(C)N(C)C.C=C(C)C(=O)O.C=CC(=O)NC(C)(C)C.C=CC(=O)NCCCCCCCC. The van der Waals surface area contributed by atoms with Crippen molar-refractivity contribution >= 4 is 23.7 Å². The summed E-state index contributed by atoms with van der Waals surface area (Å²) in [5, 5.41) is 13.4. The molecular formula is C29H54N4O5. The molecule has 0 aromatic carbocycles.